The molecule has 0 saturated heterocycles. The van der Waals surface area contributed by atoms with Crippen LogP contribution in [0, 0.1) is 0 Å². The fraction of sp³-hybridized carbons (Fsp3) is 1.00. The van der Waals surface area contributed by atoms with Gasteiger partial charge in [0.25, 0.3) is 0 Å². The van der Waals surface area contributed by atoms with E-state index < -0.39 is 27.8 Å². The topological polar surface area (TPSA) is 118 Å². The van der Waals surface area contributed by atoms with Crippen LogP contribution in [0.25, 0.3) is 0 Å². The van der Waals surface area contributed by atoms with Crippen LogP contribution in [-0.4, -0.2) is 43.1 Å². The summed E-state index contributed by atoms with van der Waals surface area (Å²) < 4.78 is 21.8. The zero-order chi connectivity index (χ0) is 12.4. The van der Waals surface area contributed by atoms with Gasteiger partial charge < -0.3 is 19.6 Å². The molecule has 1 fully saturated rings. The Kier molecular flexibility index (Phi) is 4.72. The summed E-state index contributed by atoms with van der Waals surface area (Å²) in [6, 6.07) is -0.125. The van der Waals surface area contributed by atoms with Gasteiger partial charge >= 0.3 is 15.2 Å². The molecule has 1 aliphatic carbocycles. The Morgan fingerprint density at radius 1 is 0.938 bits per heavy atom. The molecule has 1 saturated carbocycles. The molecule has 0 aromatic carbocycles. The summed E-state index contributed by atoms with van der Waals surface area (Å²) in [7, 11) is -8.56. The lowest BCUT2D eigenvalue weighted by Gasteiger charge is -2.28. The minimum absolute atomic E-state index is 0.125. The van der Waals surface area contributed by atoms with E-state index in [1.807, 2.05) is 0 Å². The van der Waals surface area contributed by atoms with Crippen molar-refractivity contribution in [2.45, 2.75) is 31.7 Å². The van der Waals surface area contributed by atoms with Crippen LogP contribution in [-0.2, 0) is 9.13 Å². The summed E-state index contributed by atoms with van der Waals surface area (Å²) in [6.45, 7) is 0. The van der Waals surface area contributed by atoms with E-state index in [4.69, 9.17) is 19.6 Å². The minimum Gasteiger partial charge on any atom is -0.324 e. The van der Waals surface area contributed by atoms with Crippen molar-refractivity contribution in [2.75, 3.05) is 12.6 Å². The van der Waals surface area contributed by atoms with Crippen molar-refractivity contribution >= 4 is 15.2 Å². The van der Waals surface area contributed by atoms with Crippen molar-refractivity contribution in [3.8, 4) is 0 Å². The first-order chi connectivity index (χ1) is 7.17. The first-order valence-electron chi connectivity index (χ1n) is 5.00. The summed E-state index contributed by atoms with van der Waals surface area (Å²) in [5, 5.41) is 0. The van der Waals surface area contributed by atoms with Gasteiger partial charge in [-0.25, -0.2) is 0 Å². The van der Waals surface area contributed by atoms with E-state index >= 15 is 0 Å². The molecule has 0 aliphatic heterocycles. The first kappa shape index (κ1) is 14.3. The van der Waals surface area contributed by atoms with Crippen molar-refractivity contribution in [2.24, 2.45) is 0 Å². The smallest absolute Gasteiger partial charge is 0.324 e. The normalized spacial score (nSPS) is 19.6. The van der Waals surface area contributed by atoms with E-state index in [0.717, 1.165) is 25.7 Å². The van der Waals surface area contributed by atoms with Crippen LogP contribution >= 0.6 is 15.2 Å². The van der Waals surface area contributed by atoms with E-state index in [0.29, 0.717) is 0 Å². The highest BCUT2D eigenvalue weighted by atomic mass is 31.2. The molecule has 0 spiro atoms. The molecule has 16 heavy (non-hydrogen) atoms. The molecule has 1 aliphatic rings. The number of hydrogen-bond acceptors (Lipinski definition) is 3. The van der Waals surface area contributed by atoms with Crippen molar-refractivity contribution in [3.63, 3.8) is 0 Å². The standard InChI is InChI=1S/C7H17NO6P2/c9-15(10,11)5-8(6-16(12,13)14)7-3-1-2-4-7/h7H,1-6H2,(H2,9,10,11)(H2,12,13,14). The van der Waals surface area contributed by atoms with Crippen LogP contribution in [0.5, 0.6) is 0 Å². The fourth-order valence-corrected chi connectivity index (χ4v) is 3.78. The third-order valence-electron chi connectivity index (χ3n) is 2.57. The van der Waals surface area contributed by atoms with E-state index in [9.17, 15) is 9.13 Å². The van der Waals surface area contributed by atoms with Gasteiger partial charge in [0.2, 0.25) is 0 Å². The summed E-state index contributed by atoms with van der Waals surface area (Å²) in [5.41, 5.74) is 0. The van der Waals surface area contributed by atoms with Crippen LogP contribution in [0.1, 0.15) is 25.7 Å². The SMILES string of the molecule is O=P(O)(O)CN(CP(=O)(O)O)C1CCCC1. The molecular weight excluding hydrogens is 256 g/mol. The molecule has 0 radical (unpaired) electrons. The Balaban J connectivity index is 2.68. The van der Waals surface area contributed by atoms with Gasteiger partial charge in [-0.15, -0.1) is 0 Å². The Labute approximate surface area is 93.8 Å². The van der Waals surface area contributed by atoms with Crippen LogP contribution < -0.4 is 0 Å². The highest BCUT2D eigenvalue weighted by Gasteiger charge is 2.32. The maximum absolute atomic E-state index is 10.9. The molecule has 1 rings (SSSR count). The van der Waals surface area contributed by atoms with Gasteiger partial charge in [0.15, 0.2) is 0 Å². The molecule has 96 valence electrons. The summed E-state index contributed by atoms with van der Waals surface area (Å²) >= 11 is 0. The predicted molar refractivity (Wildman–Crippen MR) is 57.9 cm³/mol. The minimum atomic E-state index is -4.28. The summed E-state index contributed by atoms with van der Waals surface area (Å²) in [6.07, 6.45) is 2.18. The monoisotopic (exact) mass is 273 g/mol. The molecule has 7 nitrogen and oxygen atoms in total. The van der Waals surface area contributed by atoms with Gasteiger partial charge in [-0.05, 0) is 12.8 Å². The average Bonchev–Trinajstić information content (AvgIpc) is 2.47. The van der Waals surface area contributed by atoms with Crippen LogP contribution in [0.4, 0.5) is 0 Å². The van der Waals surface area contributed by atoms with Crippen molar-refractivity contribution < 1.29 is 28.7 Å². The fourth-order valence-electron chi connectivity index (χ4n) is 2.02. The Bertz CT molecular complexity index is 293. The predicted octanol–water partition coefficient (Wildman–Crippen LogP) is 0.501. The highest BCUT2D eigenvalue weighted by molar-refractivity contribution is 7.52. The van der Waals surface area contributed by atoms with Gasteiger partial charge in [0.1, 0.15) is 12.6 Å². The zero-order valence-corrected chi connectivity index (χ0v) is 10.6. The van der Waals surface area contributed by atoms with E-state index in [1.165, 1.54) is 4.90 Å². The van der Waals surface area contributed by atoms with Crippen molar-refractivity contribution in [3.05, 3.63) is 0 Å². The van der Waals surface area contributed by atoms with E-state index in [2.05, 4.69) is 0 Å². The van der Waals surface area contributed by atoms with Gasteiger partial charge in [0, 0.05) is 6.04 Å². The van der Waals surface area contributed by atoms with E-state index in [-0.39, 0.29) is 6.04 Å². The lowest BCUT2D eigenvalue weighted by atomic mass is 10.2. The molecule has 9 heteroatoms. The molecule has 0 unspecified atom stereocenters. The third kappa shape index (κ3) is 5.55. The highest BCUT2D eigenvalue weighted by Crippen LogP contribution is 2.43. The third-order valence-corrected chi connectivity index (χ3v) is 4.04. The van der Waals surface area contributed by atoms with Gasteiger partial charge in [0.05, 0.1) is 0 Å². The molecule has 0 aromatic rings. The molecule has 0 heterocycles. The Morgan fingerprint density at radius 3 is 1.62 bits per heavy atom. The molecule has 0 aromatic heterocycles. The van der Waals surface area contributed by atoms with Crippen LogP contribution in [0.2, 0.25) is 0 Å². The van der Waals surface area contributed by atoms with Crippen LogP contribution in [0.15, 0.2) is 0 Å². The van der Waals surface area contributed by atoms with Crippen molar-refractivity contribution in [1.29, 1.82) is 0 Å². The summed E-state index contributed by atoms with van der Waals surface area (Å²) in [4.78, 5) is 36.7. The van der Waals surface area contributed by atoms with Crippen molar-refractivity contribution in [1.82, 2.24) is 4.90 Å². The first-order valence-corrected chi connectivity index (χ1v) is 8.60. The Hall–Kier alpha value is 0.260. The second kappa shape index (κ2) is 5.27. The van der Waals surface area contributed by atoms with Gasteiger partial charge in [-0.2, -0.15) is 0 Å². The zero-order valence-electron chi connectivity index (χ0n) is 8.77. The average molecular weight is 273 g/mol. The van der Waals surface area contributed by atoms with Gasteiger partial charge in [-0.3, -0.25) is 14.0 Å². The molecular formula is C7H17NO6P2. The molecule has 0 bridgehead atoms. The number of nitrogens with zero attached hydrogens (tertiary/aromatic N) is 1. The van der Waals surface area contributed by atoms with Gasteiger partial charge in [-0.1, -0.05) is 12.8 Å². The maximum Gasteiger partial charge on any atom is 0.339 e. The lowest BCUT2D eigenvalue weighted by Crippen LogP contribution is -2.34. The molecule has 0 atom stereocenters. The quantitative estimate of drug-likeness (QED) is 0.538. The largest absolute Gasteiger partial charge is 0.339 e. The maximum atomic E-state index is 10.9. The lowest BCUT2D eigenvalue weighted by molar-refractivity contribution is 0.222. The Morgan fingerprint density at radius 2 is 1.31 bits per heavy atom. The number of rotatable bonds is 5. The van der Waals surface area contributed by atoms with E-state index in [1.54, 1.807) is 0 Å². The molecule has 0 amide bonds. The second-order valence-electron chi connectivity index (χ2n) is 4.14. The van der Waals surface area contributed by atoms with Crippen LogP contribution in [0.3, 0.4) is 0 Å². The second-order valence-corrected chi connectivity index (χ2v) is 7.36. The summed E-state index contributed by atoms with van der Waals surface area (Å²) in [5.74, 6) is 0. The molecule has 4 N–H and O–H groups in total. The number of hydrogen-bond donors (Lipinski definition) is 4.